The van der Waals surface area contributed by atoms with Crippen LogP contribution in [0.25, 0.3) is 0 Å². The lowest BCUT2D eigenvalue weighted by molar-refractivity contribution is -0.127. The summed E-state index contributed by atoms with van der Waals surface area (Å²) in [6.07, 6.45) is 1.07. The molecular formula is C10H20N8O4. The van der Waals surface area contributed by atoms with Crippen molar-refractivity contribution in [3.8, 4) is 0 Å². The van der Waals surface area contributed by atoms with E-state index in [9.17, 15) is 19.2 Å². The Morgan fingerprint density at radius 1 is 0.545 bits per heavy atom. The van der Waals surface area contributed by atoms with Crippen LogP contribution in [-0.4, -0.2) is 23.6 Å². The lowest BCUT2D eigenvalue weighted by Crippen LogP contribution is -2.36. The van der Waals surface area contributed by atoms with E-state index in [1.807, 2.05) is 21.7 Å². The molecule has 0 aromatic heterocycles. The van der Waals surface area contributed by atoms with Crippen molar-refractivity contribution in [2.45, 2.75) is 12.8 Å². The maximum absolute atomic E-state index is 10.7. The van der Waals surface area contributed by atoms with Gasteiger partial charge in [0.2, 0.25) is 23.6 Å². The smallest absolute Gasteiger partial charge is 0.237 e. The zero-order valence-electron chi connectivity index (χ0n) is 11.7. The van der Waals surface area contributed by atoms with E-state index in [-0.39, 0.29) is 47.3 Å². The molecule has 124 valence electrons. The van der Waals surface area contributed by atoms with Gasteiger partial charge in [-0.2, -0.15) is 0 Å². The van der Waals surface area contributed by atoms with Crippen LogP contribution in [0.1, 0.15) is 12.8 Å². The highest BCUT2D eigenvalue weighted by Gasteiger charge is 2.48. The molecule has 2 rings (SSSR count). The highest BCUT2D eigenvalue weighted by molar-refractivity contribution is 5.92. The maximum atomic E-state index is 10.7. The van der Waals surface area contributed by atoms with Crippen LogP contribution in [0.5, 0.6) is 0 Å². The van der Waals surface area contributed by atoms with Crippen molar-refractivity contribution >= 4 is 23.6 Å². The summed E-state index contributed by atoms with van der Waals surface area (Å²) in [5.74, 6) is 17.0. The van der Waals surface area contributed by atoms with Gasteiger partial charge in [0.1, 0.15) is 0 Å². The van der Waals surface area contributed by atoms with Gasteiger partial charge in [0.25, 0.3) is 0 Å². The third-order valence-corrected chi connectivity index (χ3v) is 3.50. The molecule has 12 nitrogen and oxygen atoms in total. The van der Waals surface area contributed by atoms with Crippen LogP contribution in [-0.2, 0) is 19.2 Å². The zero-order valence-corrected chi connectivity index (χ0v) is 11.7. The first-order valence-electron chi connectivity index (χ1n) is 6.43. The Labute approximate surface area is 125 Å². The number of carbonyl (C=O) groups excluding carboxylic acids is 4. The zero-order chi connectivity index (χ0) is 16.9. The topological polar surface area (TPSA) is 220 Å². The summed E-state index contributed by atoms with van der Waals surface area (Å²) < 4.78 is 0. The molecular weight excluding hydrogens is 296 g/mol. The number of nitrogens with one attached hydrogen (secondary N) is 4. The van der Waals surface area contributed by atoms with E-state index in [4.69, 9.17) is 23.4 Å². The minimum Gasteiger partial charge on any atom is -0.294 e. The van der Waals surface area contributed by atoms with E-state index in [2.05, 4.69) is 0 Å². The summed E-state index contributed by atoms with van der Waals surface area (Å²) in [4.78, 5) is 43.0. The van der Waals surface area contributed by atoms with Crippen LogP contribution in [0.3, 0.4) is 0 Å². The Bertz CT molecular complexity index is 388. The Hall–Kier alpha value is -2.28. The monoisotopic (exact) mass is 316 g/mol. The van der Waals surface area contributed by atoms with Gasteiger partial charge in [0, 0.05) is 0 Å². The molecule has 0 heterocycles. The first kappa shape index (κ1) is 17.8. The standard InChI is InChI=1S/2C5H10N4O2/c2*6-8-4(10)2-1-3(2)5(11)9-7/h2*2-3H,1,6-7H2,(H,8,10)(H,9,11). The molecule has 2 saturated carbocycles. The summed E-state index contributed by atoms with van der Waals surface area (Å²) >= 11 is 0. The van der Waals surface area contributed by atoms with Gasteiger partial charge in [-0.15, -0.1) is 0 Å². The largest absolute Gasteiger partial charge is 0.294 e. The summed E-state index contributed by atoms with van der Waals surface area (Å²) in [5, 5.41) is 0. The minimum atomic E-state index is -0.307. The first-order valence-corrected chi connectivity index (χ1v) is 6.43. The molecule has 4 unspecified atom stereocenters. The fourth-order valence-corrected chi connectivity index (χ4v) is 1.98. The molecule has 0 spiro atoms. The van der Waals surface area contributed by atoms with Crippen molar-refractivity contribution in [3.63, 3.8) is 0 Å². The number of rotatable bonds is 4. The number of nitrogens with two attached hydrogens (primary N) is 4. The molecule has 0 aromatic carbocycles. The highest BCUT2D eigenvalue weighted by atomic mass is 16.2. The molecule has 12 N–H and O–H groups in total. The molecule has 2 aliphatic carbocycles. The minimum absolute atomic E-state index is 0.288. The normalized spacial score (nSPS) is 27.5. The molecule has 0 bridgehead atoms. The molecule has 22 heavy (non-hydrogen) atoms. The van der Waals surface area contributed by atoms with E-state index in [0.29, 0.717) is 12.8 Å². The predicted octanol–water partition coefficient (Wildman–Crippen LogP) is -4.80. The summed E-state index contributed by atoms with van der Waals surface area (Å²) in [6, 6.07) is 0. The molecule has 4 amide bonds. The van der Waals surface area contributed by atoms with Gasteiger partial charge in [-0.25, -0.2) is 23.4 Å². The second-order valence-corrected chi connectivity index (χ2v) is 4.93. The third-order valence-electron chi connectivity index (χ3n) is 3.50. The lowest BCUT2D eigenvalue weighted by Gasteiger charge is -1.96. The van der Waals surface area contributed by atoms with Crippen molar-refractivity contribution in [2.24, 2.45) is 47.0 Å². The van der Waals surface area contributed by atoms with Crippen molar-refractivity contribution in [1.29, 1.82) is 0 Å². The van der Waals surface area contributed by atoms with Crippen LogP contribution < -0.4 is 45.1 Å². The van der Waals surface area contributed by atoms with Crippen LogP contribution in [0.4, 0.5) is 0 Å². The fraction of sp³-hybridized carbons (Fsp3) is 0.600. The second-order valence-electron chi connectivity index (χ2n) is 4.93. The van der Waals surface area contributed by atoms with Crippen molar-refractivity contribution in [3.05, 3.63) is 0 Å². The van der Waals surface area contributed by atoms with Crippen LogP contribution in [0, 0.1) is 23.7 Å². The molecule has 2 fully saturated rings. The predicted molar refractivity (Wildman–Crippen MR) is 72.5 cm³/mol. The number of hydrogen-bond acceptors (Lipinski definition) is 8. The quantitative estimate of drug-likeness (QED) is 0.142. The first-order chi connectivity index (χ1) is 10.4. The molecule has 0 saturated heterocycles. The Morgan fingerprint density at radius 3 is 0.864 bits per heavy atom. The van der Waals surface area contributed by atoms with Gasteiger partial charge in [-0.3, -0.25) is 40.9 Å². The van der Waals surface area contributed by atoms with Gasteiger partial charge < -0.3 is 0 Å². The van der Waals surface area contributed by atoms with E-state index in [1.54, 1.807) is 0 Å². The third kappa shape index (κ3) is 4.36. The summed E-state index contributed by atoms with van der Waals surface area (Å²) in [5.41, 5.74) is 7.90. The van der Waals surface area contributed by atoms with Crippen molar-refractivity contribution in [1.82, 2.24) is 21.7 Å². The molecule has 0 aromatic rings. The second kappa shape index (κ2) is 7.65. The van der Waals surface area contributed by atoms with E-state index >= 15 is 0 Å². The van der Waals surface area contributed by atoms with Gasteiger partial charge in [0.05, 0.1) is 23.7 Å². The fourth-order valence-electron chi connectivity index (χ4n) is 1.98. The van der Waals surface area contributed by atoms with E-state index in [0.717, 1.165) is 0 Å². The SMILES string of the molecule is NNC(=O)C1CC1C(=O)NN.NNC(=O)C1CC1C(=O)NN. The van der Waals surface area contributed by atoms with Gasteiger partial charge in [-0.05, 0) is 12.8 Å². The van der Waals surface area contributed by atoms with Crippen molar-refractivity contribution in [2.75, 3.05) is 0 Å². The Kier molecular flexibility index (Phi) is 6.18. The molecule has 0 aliphatic heterocycles. The van der Waals surface area contributed by atoms with E-state index < -0.39 is 0 Å². The number of amides is 4. The summed E-state index contributed by atoms with van der Waals surface area (Å²) in [6.45, 7) is 0. The molecule has 12 heteroatoms. The lowest BCUT2D eigenvalue weighted by atomic mass is 10.3. The van der Waals surface area contributed by atoms with Gasteiger partial charge >= 0.3 is 0 Å². The van der Waals surface area contributed by atoms with Crippen LogP contribution >= 0.6 is 0 Å². The van der Waals surface area contributed by atoms with E-state index in [1.165, 1.54) is 0 Å². The average Bonchev–Trinajstić information content (AvgIpc) is 3.44. The molecule has 4 atom stereocenters. The van der Waals surface area contributed by atoms with Gasteiger partial charge in [0.15, 0.2) is 0 Å². The highest BCUT2D eigenvalue weighted by Crippen LogP contribution is 2.38. The number of hydrazine groups is 4. The summed E-state index contributed by atoms with van der Waals surface area (Å²) in [7, 11) is 0. The Morgan fingerprint density at radius 2 is 0.727 bits per heavy atom. The number of hydrogen-bond donors (Lipinski definition) is 8. The maximum Gasteiger partial charge on any atom is 0.237 e. The van der Waals surface area contributed by atoms with Gasteiger partial charge in [-0.1, -0.05) is 0 Å². The van der Waals surface area contributed by atoms with Crippen LogP contribution in [0.2, 0.25) is 0 Å². The van der Waals surface area contributed by atoms with Crippen molar-refractivity contribution < 1.29 is 19.2 Å². The average molecular weight is 316 g/mol. The Balaban J connectivity index is 0.000000220. The molecule has 2 aliphatic rings. The number of carbonyl (C=O) groups is 4. The molecule has 0 radical (unpaired) electrons. The van der Waals surface area contributed by atoms with Crippen LogP contribution in [0.15, 0.2) is 0 Å².